The first-order valence-corrected chi connectivity index (χ1v) is 9.08. The SMILES string of the molecule is COc1ccc(CCC(C)(C)F)cc1C1(O)CN(C)Cc2ccccc21. The molecule has 1 aliphatic heterocycles. The number of halogens is 1. The van der Waals surface area contributed by atoms with Crippen molar-refractivity contribution >= 4 is 0 Å². The Balaban J connectivity index is 2.07. The smallest absolute Gasteiger partial charge is 0.131 e. The van der Waals surface area contributed by atoms with E-state index in [9.17, 15) is 9.50 Å². The first-order valence-electron chi connectivity index (χ1n) is 9.08. The third-order valence-corrected chi connectivity index (χ3v) is 5.12. The van der Waals surface area contributed by atoms with E-state index in [1.165, 1.54) is 0 Å². The molecular formula is C22H28FNO2. The van der Waals surface area contributed by atoms with Crippen LogP contribution in [0.2, 0.25) is 0 Å². The zero-order chi connectivity index (χ0) is 18.9. The Labute approximate surface area is 155 Å². The lowest BCUT2D eigenvalue weighted by Gasteiger charge is -2.40. The van der Waals surface area contributed by atoms with Gasteiger partial charge in [-0.25, -0.2) is 4.39 Å². The Morgan fingerprint density at radius 3 is 2.62 bits per heavy atom. The Morgan fingerprint density at radius 2 is 1.92 bits per heavy atom. The van der Waals surface area contributed by atoms with E-state index in [-0.39, 0.29) is 0 Å². The van der Waals surface area contributed by atoms with Crippen LogP contribution in [-0.4, -0.2) is 36.4 Å². The molecule has 3 rings (SSSR count). The molecule has 1 aliphatic rings. The lowest BCUT2D eigenvalue weighted by atomic mass is 9.79. The van der Waals surface area contributed by atoms with Crippen molar-refractivity contribution in [2.45, 2.75) is 44.5 Å². The number of methoxy groups -OCH3 is 1. The number of benzene rings is 2. The summed E-state index contributed by atoms with van der Waals surface area (Å²) in [5.74, 6) is 0.654. The van der Waals surface area contributed by atoms with Crippen LogP contribution in [0.25, 0.3) is 0 Å². The van der Waals surface area contributed by atoms with Crippen LogP contribution in [0, 0.1) is 0 Å². The number of ether oxygens (including phenoxy) is 1. The maximum atomic E-state index is 13.9. The number of alkyl halides is 1. The molecule has 0 amide bonds. The largest absolute Gasteiger partial charge is 0.496 e. The van der Waals surface area contributed by atoms with Gasteiger partial charge in [-0.15, -0.1) is 0 Å². The fraction of sp³-hybridized carbons (Fsp3) is 0.455. The van der Waals surface area contributed by atoms with Gasteiger partial charge in [0.15, 0.2) is 0 Å². The van der Waals surface area contributed by atoms with Gasteiger partial charge >= 0.3 is 0 Å². The average Bonchev–Trinajstić information content (AvgIpc) is 2.59. The van der Waals surface area contributed by atoms with Crippen molar-refractivity contribution in [3.63, 3.8) is 0 Å². The minimum absolute atomic E-state index is 0.438. The van der Waals surface area contributed by atoms with Gasteiger partial charge in [-0.3, -0.25) is 4.90 Å². The average molecular weight is 357 g/mol. The molecule has 0 spiro atoms. The van der Waals surface area contributed by atoms with E-state index in [2.05, 4.69) is 11.0 Å². The molecule has 1 N–H and O–H groups in total. The number of aliphatic hydroxyl groups is 1. The molecule has 1 atom stereocenters. The summed E-state index contributed by atoms with van der Waals surface area (Å²) < 4.78 is 19.5. The van der Waals surface area contributed by atoms with Crippen LogP contribution < -0.4 is 4.74 Å². The van der Waals surface area contributed by atoms with Crippen molar-refractivity contribution < 1.29 is 14.2 Å². The van der Waals surface area contributed by atoms with Crippen LogP contribution in [0.15, 0.2) is 42.5 Å². The van der Waals surface area contributed by atoms with Crippen molar-refractivity contribution in [1.29, 1.82) is 0 Å². The molecule has 0 bridgehead atoms. The second kappa shape index (κ2) is 7.01. The Hall–Kier alpha value is -1.91. The highest BCUT2D eigenvalue weighted by atomic mass is 19.1. The van der Waals surface area contributed by atoms with Crippen molar-refractivity contribution in [3.8, 4) is 5.75 Å². The molecule has 2 aromatic carbocycles. The molecular weight excluding hydrogens is 329 g/mol. The van der Waals surface area contributed by atoms with Crippen molar-refractivity contribution in [2.75, 3.05) is 20.7 Å². The fourth-order valence-corrected chi connectivity index (χ4v) is 3.79. The van der Waals surface area contributed by atoms with Crippen LogP contribution >= 0.6 is 0 Å². The van der Waals surface area contributed by atoms with E-state index < -0.39 is 11.3 Å². The Morgan fingerprint density at radius 1 is 1.19 bits per heavy atom. The van der Waals surface area contributed by atoms with Crippen LogP contribution in [0.3, 0.4) is 0 Å². The number of likely N-dealkylation sites (N-methyl/N-ethyl adjacent to an activating group) is 1. The van der Waals surface area contributed by atoms with Gasteiger partial charge in [-0.05, 0) is 62.6 Å². The van der Waals surface area contributed by atoms with Crippen LogP contribution in [0.5, 0.6) is 5.75 Å². The minimum Gasteiger partial charge on any atom is -0.496 e. The van der Waals surface area contributed by atoms with E-state index in [0.717, 1.165) is 28.8 Å². The summed E-state index contributed by atoms with van der Waals surface area (Å²) in [5.41, 5.74) is 1.41. The maximum Gasteiger partial charge on any atom is 0.131 e. The highest BCUT2D eigenvalue weighted by molar-refractivity contribution is 5.50. The number of rotatable bonds is 5. The number of β-amino-alcohol motifs (C(OH)–C–C–N with tert-alkyl or cyclic N) is 1. The van der Waals surface area contributed by atoms with E-state index in [4.69, 9.17) is 4.74 Å². The summed E-state index contributed by atoms with van der Waals surface area (Å²) >= 11 is 0. The normalized spacial score (nSPS) is 20.7. The molecule has 140 valence electrons. The molecule has 2 aromatic rings. The van der Waals surface area contributed by atoms with Gasteiger partial charge in [0.1, 0.15) is 17.0 Å². The Kier molecular flexibility index (Phi) is 5.09. The molecule has 1 heterocycles. The number of hydrogen-bond donors (Lipinski definition) is 1. The second-order valence-corrected chi connectivity index (χ2v) is 7.94. The Bertz CT molecular complexity index is 784. The van der Waals surface area contributed by atoms with Gasteiger partial charge < -0.3 is 9.84 Å². The van der Waals surface area contributed by atoms with E-state index in [1.807, 2.05) is 43.4 Å². The van der Waals surface area contributed by atoms with Crippen molar-refractivity contribution in [2.24, 2.45) is 0 Å². The third kappa shape index (κ3) is 3.76. The molecule has 26 heavy (non-hydrogen) atoms. The minimum atomic E-state index is -1.21. The lowest BCUT2D eigenvalue weighted by Crippen LogP contribution is -2.45. The van der Waals surface area contributed by atoms with Gasteiger partial charge in [-0.1, -0.05) is 30.3 Å². The van der Waals surface area contributed by atoms with E-state index >= 15 is 0 Å². The lowest BCUT2D eigenvalue weighted by molar-refractivity contribution is 0.0262. The highest BCUT2D eigenvalue weighted by Gasteiger charge is 2.40. The third-order valence-electron chi connectivity index (χ3n) is 5.12. The molecule has 1 unspecified atom stereocenters. The van der Waals surface area contributed by atoms with E-state index in [1.54, 1.807) is 21.0 Å². The highest BCUT2D eigenvalue weighted by Crippen LogP contribution is 2.41. The van der Waals surface area contributed by atoms with Crippen LogP contribution in [0.1, 0.15) is 42.5 Å². The number of hydrogen-bond acceptors (Lipinski definition) is 3. The molecule has 0 aliphatic carbocycles. The summed E-state index contributed by atoms with van der Waals surface area (Å²) in [7, 11) is 3.62. The number of aryl methyl sites for hydroxylation is 1. The van der Waals surface area contributed by atoms with Crippen molar-refractivity contribution in [3.05, 3.63) is 64.7 Å². The van der Waals surface area contributed by atoms with Gasteiger partial charge in [0.25, 0.3) is 0 Å². The number of fused-ring (bicyclic) bond motifs is 1. The molecule has 0 radical (unpaired) electrons. The summed E-state index contributed by atoms with van der Waals surface area (Å²) in [4.78, 5) is 2.11. The zero-order valence-corrected chi connectivity index (χ0v) is 16.1. The monoisotopic (exact) mass is 357 g/mol. The van der Waals surface area contributed by atoms with Gasteiger partial charge in [0.05, 0.1) is 7.11 Å². The molecule has 0 aromatic heterocycles. The fourth-order valence-electron chi connectivity index (χ4n) is 3.79. The molecule has 3 nitrogen and oxygen atoms in total. The predicted molar refractivity (Wildman–Crippen MR) is 102 cm³/mol. The summed E-state index contributed by atoms with van der Waals surface area (Å²) in [5, 5.41) is 11.7. The number of nitrogens with zero attached hydrogens (tertiary/aromatic N) is 1. The first kappa shape index (κ1) is 18.9. The molecule has 0 saturated carbocycles. The molecule has 0 saturated heterocycles. The topological polar surface area (TPSA) is 32.7 Å². The van der Waals surface area contributed by atoms with Crippen LogP contribution in [0.4, 0.5) is 4.39 Å². The maximum absolute atomic E-state index is 13.9. The summed E-state index contributed by atoms with van der Waals surface area (Å²) in [6, 6.07) is 13.8. The van der Waals surface area contributed by atoms with Gasteiger partial charge in [0.2, 0.25) is 0 Å². The first-order chi connectivity index (χ1) is 12.2. The summed E-state index contributed by atoms with van der Waals surface area (Å²) in [6.45, 7) is 4.48. The molecule has 0 fully saturated rings. The van der Waals surface area contributed by atoms with Crippen LogP contribution in [-0.2, 0) is 18.6 Å². The summed E-state index contributed by atoms with van der Waals surface area (Å²) in [6.07, 6.45) is 1.06. The predicted octanol–water partition coefficient (Wildman–Crippen LogP) is 4.06. The standard InChI is InChI=1S/C22H28FNO2/c1-21(2,23)12-11-16-9-10-20(26-4)19(13-16)22(25)15-24(3)14-17-7-5-6-8-18(17)22/h5-10,13,25H,11-12,14-15H2,1-4H3. The van der Waals surface area contributed by atoms with Crippen molar-refractivity contribution in [1.82, 2.24) is 4.90 Å². The van der Waals surface area contributed by atoms with Gasteiger partial charge in [0, 0.05) is 18.7 Å². The van der Waals surface area contributed by atoms with E-state index in [0.29, 0.717) is 25.1 Å². The second-order valence-electron chi connectivity index (χ2n) is 7.94. The van der Waals surface area contributed by atoms with Gasteiger partial charge in [-0.2, -0.15) is 0 Å². The quantitative estimate of drug-likeness (QED) is 0.876. The zero-order valence-electron chi connectivity index (χ0n) is 16.1. The molecule has 4 heteroatoms.